The van der Waals surface area contributed by atoms with Gasteiger partial charge in [0.05, 0.1) is 11.8 Å². The number of amides is 1. The third-order valence-corrected chi connectivity index (χ3v) is 6.00. The number of aromatic carboxylic acids is 1. The zero-order chi connectivity index (χ0) is 16.0. The maximum absolute atomic E-state index is 12.3. The van der Waals surface area contributed by atoms with Gasteiger partial charge in [0.1, 0.15) is 0 Å². The van der Waals surface area contributed by atoms with Gasteiger partial charge < -0.3 is 10.4 Å². The number of carbonyl (C=O) groups is 2. The second kappa shape index (κ2) is 5.65. The molecule has 0 aromatic carbocycles. The molecule has 0 radical (unpaired) electrons. The molecule has 6 nitrogen and oxygen atoms in total. The summed E-state index contributed by atoms with van der Waals surface area (Å²) in [4.78, 5) is 23.1. The number of nitrogens with zero attached hydrogens (tertiary/aromatic N) is 2. The molecule has 23 heavy (non-hydrogen) atoms. The summed E-state index contributed by atoms with van der Waals surface area (Å²) in [5.74, 6) is 2.24. The minimum atomic E-state index is -0.991. The number of hydrogen-bond donors (Lipinski definition) is 2. The van der Waals surface area contributed by atoms with Crippen molar-refractivity contribution in [3.8, 4) is 0 Å². The molecule has 4 saturated carbocycles. The molecule has 0 atom stereocenters. The molecule has 1 aromatic heterocycles. The third-order valence-electron chi connectivity index (χ3n) is 6.00. The topological polar surface area (TPSA) is 84.2 Å². The number of aromatic nitrogens is 2. The molecule has 1 heterocycles. The van der Waals surface area contributed by atoms with E-state index in [1.807, 2.05) is 0 Å². The van der Waals surface area contributed by atoms with Gasteiger partial charge in [0, 0.05) is 25.2 Å². The van der Waals surface area contributed by atoms with Gasteiger partial charge in [-0.15, -0.1) is 0 Å². The highest BCUT2D eigenvalue weighted by atomic mass is 16.4. The van der Waals surface area contributed by atoms with Gasteiger partial charge >= 0.3 is 5.97 Å². The summed E-state index contributed by atoms with van der Waals surface area (Å²) >= 11 is 0. The quantitative estimate of drug-likeness (QED) is 0.869. The van der Waals surface area contributed by atoms with E-state index in [1.165, 1.54) is 49.2 Å². The van der Waals surface area contributed by atoms with Crippen LogP contribution in [0.4, 0.5) is 0 Å². The molecule has 6 heteroatoms. The van der Waals surface area contributed by atoms with Gasteiger partial charge in [0.2, 0.25) is 5.91 Å². The first-order valence-electron chi connectivity index (χ1n) is 8.63. The summed E-state index contributed by atoms with van der Waals surface area (Å²) < 4.78 is 1.53. The number of aryl methyl sites for hydroxylation is 1. The van der Waals surface area contributed by atoms with Gasteiger partial charge in [-0.25, -0.2) is 4.79 Å². The van der Waals surface area contributed by atoms with Crippen LogP contribution in [0, 0.1) is 23.7 Å². The molecule has 5 rings (SSSR count). The average Bonchev–Trinajstić information content (AvgIpc) is 2.97. The molecule has 0 spiro atoms. The van der Waals surface area contributed by atoms with Crippen LogP contribution in [0.2, 0.25) is 0 Å². The van der Waals surface area contributed by atoms with Crippen molar-refractivity contribution < 1.29 is 14.7 Å². The Labute approximate surface area is 135 Å². The maximum atomic E-state index is 12.3. The largest absolute Gasteiger partial charge is 0.478 e. The first-order valence-corrected chi connectivity index (χ1v) is 8.63. The van der Waals surface area contributed by atoms with Gasteiger partial charge in [-0.2, -0.15) is 5.10 Å². The minimum absolute atomic E-state index is 0.0647. The van der Waals surface area contributed by atoms with Crippen molar-refractivity contribution in [1.29, 1.82) is 0 Å². The Morgan fingerprint density at radius 3 is 2.39 bits per heavy atom. The summed E-state index contributed by atoms with van der Waals surface area (Å²) in [5, 5.41) is 16.1. The highest BCUT2D eigenvalue weighted by Crippen LogP contribution is 2.53. The molecule has 4 aliphatic carbocycles. The van der Waals surface area contributed by atoms with Crippen LogP contribution in [0.1, 0.15) is 48.9 Å². The molecule has 4 fully saturated rings. The van der Waals surface area contributed by atoms with Crippen LogP contribution in [0.5, 0.6) is 0 Å². The summed E-state index contributed by atoms with van der Waals surface area (Å²) in [6.45, 7) is 0.423. The van der Waals surface area contributed by atoms with Crippen LogP contribution in [-0.2, 0) is 11.3 Å². The van der Waals surface area contributed by atoms with E-state index in [-0.39, 0.29) is 11.5 Å². The summed E-state index contributed by atoms with van der Waals surface area (Å²) in [7, 11) is 0. The van der Waals surface area contributed by atoms with Crippen LogP contribution in [0.15, 0.2) is 12.4 Å². The fourth-order valence-corrected chi connectivity index (χ4v) is 5.23. The standard InChI is InChI=1S/C17H23N3O3/c21-15(1-2-20-9-14(8-18-20)17(22)23)19-16-12-4-10-3-11(6-12)7-13(16)5-10/h8-13,16H,1-7H2,(H,19,21)(H,22,23). The van der Waals surface area contributed by atoms with Crippen LogP contribution >= 0.6 is 0 Å². The summed E-state index contributed by atoms with van der Waals surface area (Å²) in [6.07, 6.45) is 9.72. The van der Waals surface area contributed by atoms with E-state index in [0.717, 1.165) is 11.8 Å². The van der Waals surface area contributed by atoms with Crippen LogP contribution < -0.4 is 5.32 Å². The Morgan fingerprint density at radius 1 is 1.17 bits per heavy atom. The Bertz CT molecular complexity index is 596. The minimum Gasteiger partial charge on any atom is -0.478 e. The van der Waals surface area contributed by atoms with Crippen molar-refractivity contribution in [2.45, 2.75) is 51.1 Å². The van der Waals surface area contributed by atoms with Crippen molar-refractivity contribution in [2.75, 3.05) is 0 Å². The fourth-order valence-electron chi connectivity index (χ4n) is 5.23. The Hall–Kier alpha value is -1.85. The van der Waals surface area contributed by atoms with Gasteiger partial charge in [0.25, 0.3) is 0 Å². The predicted molar refractivity (Wildman–Crippen MR) is 82.8 cm³/mol. The van der Waals surface area contributed by atoms with E-state index in [1.54, 1.807) is 0 Å². The Balaban J connectivity index is 1.31. The van der Waals surface area contributed by atoms with E-state index in [9.17, 15) is 9.59 Å². The maximum Gasteiger partial charge on any atom is 0.338 e. The summed E-state index contributed by atoms with van der Waals surface area (Å²) in [6, 6.07) is 0.363. The molecule has 124 valence electrons. The number of hydrogen-bond acceptors (Lipinski definition) is 3. The van der Waals surface area contributed by atoms with Gasteiger partial charge in [-0.1, -0.05) is 0 Å². The molecule has 1 amide bonds. The van der Waals surface area contributed by atoms with Crippen LogP contribution in [0.25, 0.3) is 0 Å². The monoisotopic (exact) mass is 317 g/mol. The molecule has 2 N–H and O–H groups in total. The van der Waals surface area contributed by atoms with Crippen molar-refractivity contribution in [3.63, 3.8) is 0 Å². The number of rotatable bonds is 5. The van der Waals surface area contributed by atoms with E-state index < -0.39 is 5.97 Å². The zero-order valence-corrected chi connectivity index (χ0v) is 13.1. The van der Waals surface area contributed by atoms with Crippen molar-refractivity contribution in [1.82, 2.24) is 15.1 Å². The zero-order valence-electron chi connectivity index (χ0n) is 13.1. The van der Waals surface area contributed by atoms with Crippen molar-refractivity contribution >= 4 is 11.9 Å². The second-order valence-electron chi connectivity index (χ2n) is 7.57. The highest BCUT2D eigenvalue weighted by Gasteiger charge is 2.48. The Kier molecular flexibility index (Phi) is 3.62. The number of nitrogens with one attached hydrogen (secondary N) is 1. The predicted octanol–water partition coefficient (Wildman–Crippen LogP) is 1.91. The second-order valence-corrected chi connectivity index (χ2v) is 7.57. The van der Waals surface area contributed by atoms with Crippen LogP contribution in [-0.4, -0.2) is 32.8 Å². The van der Waals surface area contributed by atoms with Crippen molar-refractivity contribution in [2.24, 2.45) is 23.7 Å². The molecule has 1 aromatic rings. The Morgan fingerprint density at radius 2 is 1.83 bits per heavy atom. The molecule has 4 bridgehead atoms. The number of carbonyl (C=O) groups excluding carboxylic acids is 1. The lowest BCUT2D eigenvalue weighted by molar-refractivity contribution is -0.125. The lowest BCUT2D eigenvalue weighted by Crippen LogP contribution is -2.55. The molecular weight excluding hydrogens is 294 g/mol. The van der Waals surface area contributed by atoms with E-state index in [4.69, 9.17) is 5.11 Å². The fraction of sp³-hybridized carbons (Fsp3) is 0.706. The van der Waals surface area contributed by atoms with Crippen molar-refractivity contribution in [3.05, 3.63) is 18.0 Å². The summed E-state index contributed by atoms with van der Waals surface area (Å²) in [5.41, 5.74) is 0.159. The average molecular weight is 317 g/mol. The van der Waals surface area contributed by atoms with Gasteiger partial charge in [-0.3, -0.25) is 9.48 Å². The van der Waals surface area contributed by atoms with Crippen LogP contribution in [0.3, 0.4) is 0 Å². The van der Waals surface area contributed by atoms with E-state index in [0.29, 0.717) is 30.8 Å². The normalized spacial score (nSPS) is 34.5. The van der Waals surface area contributed by atoms with E-state index in [2.05, 4.69) is 10.4 Å². The van der Waals surface area contributed by atoms with Gasteiger partial charge in [-0.05, 0) is 55.8 Å². The number of carboxylic acid groups (broad SMARTS) is 1. The molecule has 0 unspecified atom stereocenters. The SMILES string of the molecule is O=C(CCn1cc(C(=O)O)cn1)NC1C2CC3CC(C2)CC1C3. The van der Waals surface area contributed by atoms with Gasteiger partial charge in [0.15, 0.2) is 0 Å². The molecule has 4 aliphatic rings. The third kappa shape index (κ3) is 2.86. The smallest absolute Gasteiger partial charge is 0.338 e. The first kappa shape index (κ1) is 14.7. The lowest BCUT2D eigenvalue weighted by Gasteiger charge is -2.54. The molecule has 0 aliphatic heterocycles. The molecular formula is C17H23N3O3. The highest BCUT2D eigenvalue weighted by molar-refractivity contribution is 5.86. The number of carboxylic acids is 1. The molecule has 0 saturated heterocycles. The lowest BCUT2D eigenvalue weighted by atomic mass is 9.54. The first-order chi connectivity index (χ1) is 11.1. The van der Waals surface area contributed by atoms with E-state index >= 15 is 0 Å².